The largest absolute Gasteiger partial charge is 0.342 e. The van der Waals surface area contributed by atoms with Crippen LogP contribution in [0.5, 0.6) is 0 Å². The first-order chi connectivity index (χ1) is 14.7. The third-order valence-corrected chi connectivity index (χ3v) is 6.03. The third kappa shape index (κ3) is 7.34. The Hall–Kier alpha value is -2.42. The van der Waals surface area contributed by atoms with E-state index >= 15 is 0 Å². The molecule has 1 aliphatic heterocycles. The van der Waals surface area contributed by atoms with E-state index in [1.54, 1.807) is 36.4 Å². The van der Waals surface area contributed by atoms with E-state index < -0.39 is 16.1 Å². The van der Waals surface area contributed by atoms with Crippen molar-refractivity contribution in [2.75, 3.05) is 24.7 Å². The average molecular weight is 464 g/mol. The van der Waals surface area contributed by atoms with Crippen LogP contribution in [-0.2, 0) is 26.0 Å². The molecule has 7 nitrogen and oxygen atoms in total. The maximum atomic E-state index is 12.6. The summed E-state index contributed by atoms with van der Waals surface area (Å²) in [6.45, 7) is 1.65. The lowest BCUT2D eigenvalue weighted by Crippen LogP contribution is -2.30. The second kappa shape index (κ2) is 10.3. The van der Waals surface area contributed by atoms with E-state index in [1.807, 2.05) is 17.0 Å². The fourth-order valence-electron chi connectivity index (χ4n) is 3.54. The Morgan fingerprint density at radius 3 is 2.23 bits per heavy atom. The van der Waals surface area contributed by atoms with Crippen molar-refractivity contribution in [3.63, 3.8) is 0 Å². The molecule has 1 heterocycles. The molecule has 166 valence electrons. The molecule has 9 heteroatoms. The second-order valence-electron chi connectivity index (χ2n) is 7.71. The van der Waals surface area contributed by atoms with Crippen LogP contribution in [-0.4, -0.2) is 44.5 Å². The lowest BCUT2D eigenvalue weighted by Gasteiger charge is -2.18. The summed E-state index contributed by atoms with van der Waals surface area (Å²) in [6, 6.07) is 13.1. The number of likely N-dealkylation sites (tertiary alicyclic amines) is 1. The van der Waals surface area contributed by atoms with Gasteiger partial charge in [-0.2, -0.15) is 0 Å². The van der Waals surface area contributed by atoms with E-state index in [2.05, 4.69) is 10.0 Å². The number of nitrogens with zero attached hydrogens (tertiary/aromatic N) is 1. The molecule has 1 atom stereocenters. The molecule has 1 aliphatic rings. The zero-order valence-corrected chi connectivity index (χ0v) is 18.9. The van der Waals surface area contributed by atoms with Gasteiger partial charge in [-0.3, -0.25) is 9.59 Å². The summed E-state index contributed by atoms with van der Waals surface area (Å²) in [7, 11) is -3.52. The molecule has 3 rings (SSSR count). The van der Waals surface area contributed by atoms with Gasteiger partial charge in [0.15, 0.2) is 0 Å². The first kappa shape index (κ1) is 23.2. The summed E-state index contributed by atoms with van der Waals surface area (Å²) < 4.78 is 26.0. The predicted molar refractivity (Wildman–Crippen MR) is 121 cm³/mol. The van der Waals surface area contributed by atoms with E-state index in [4.69, 9.17) is 11.6 Å². The van der Waals surface area contributed by atoms with Gasteiger partial charge in [0, 0.05) is 30.2 Å². The molecule has 1 unspecified atom stereocenters. The van der Waals surface area contributed by atoms with Gasteiger partial charge < -0.3 is 10.2 Å². The van der Waals surface area contributed by atoms with E-state index in [0.29, 0.717) is 22.7 Å². The SMILES string of the molecule is CS(=O)(=O)NC(CC(=O)Nc1ccc(CC(=O)N2CCCC2)cc1)c1ccc(Cl)cc1. The Labute approximate surface area is 187 Å². The number of hydrogen-bond donors (Lipinski definition) is 2. The molecule has 2 amide bonds. The van der Waals surface area contributed by atoms with Gasteiger partial charge in [-0.1, -0.05) is 35.9 Å². The van der Waals surface area contributed by atoms with Crippen LogP contribution in [0, 0.1) is 0 Å². The zero-order valence-electron chi connectivity index (χ0n) is 17.3. The average Bonchev–Trinajstić information content (AvgIpc) is 3.23. The van der Waals surface area contributed by atoms with Gasteiger partial charge in [-0.05, 0) is 48.2 Å². The van der Waals surface area contributed by atoms with Crippen molar-refractivity contribution in [3.05, 3.63) is 64.7 Å². The van der Waals surface area contributed by atoms with Gasteiger partial charge in [0.1, 0.15) is 0 Å². The Kier molecular flexibility index (Phi) is 7.69. The van der Waals surface area contributed by atoms with Gasteiger partial charge in [0.05, 0.1) is 18.7 Å². The predicted octanol–water partition coefficient (Wildman–Crippen LogP) is 3.12. The molecule has 2 aromatic carbocycles. The van der Waals surface area contributed by atoms with Crippen LogP contribution in [0.2, 0.25) is 5.02 Å². The number of hydrogen-bond acceptors (Lipinski definition) is 4. The Morgan fingerprint density at radius 2 is 1.65 bits per heavy atom. The van der Waals surface area contributed by atoms with Crippen LogP contribution in [0.25, 0.3) is 0 Å². The minimum Gasteiger partial charge on any atom is -0.342 e. The maximum absolute atomic E-state index is 12.6. The Morgan fingerprint density at radius 1 is 1.03 bits per heavy atom. The van der Waals surface area contributed by atoms with Gasteiger partial charge in [-0.15, -0.1) is 0 Å². The van der Waals surface area contributed by atoms with Crippen molar-refractivity contribution in [3.8, 4) is 0 Å². The molecule has 2 aromatic rings. The van der Waals surface area contributed by atoms with Crippen molar-refractivity contribution >= 4 is 39.1 Å². The fraction of sp³-hybridized carbons (Fsp3) is 0.364. The van der Waals surface area contributed by atoms with E-state index in [0.717, 1.165) is 37.8 Å². The molecule has 1 fully saturated rings. The first-order valence-electron chi connectivity index (χ1n) is 10.1. The van der Waals surface area contributed by atoms with Gasteiger partial charge in [-0.25, -0.2) is 13.1 Å². The zero-order chi connectivity index (χ0) is 22.4. The maximum Gasteiger partial charge on any atom is 0.226 e. The van der Waals surface area contributed by atoms with Crippen molar-refractivity contribution < 1.29 is 18.0 Å². The molecule has 0 aliphatic carbocycles. The summed E-state index contributed by atoms with van der Waals surface area (Å²) in [5.74, 6) is -0.219. The summed E-state index contributed by atoms with van der Waals surface area (Å²) in [5.41, 5.74) is 2.10. The molecule has 0 spiro atoms. The van der Waals surface area contributed by atoms with E-state index in [9.17, 15) is 18.0 Å². The van der Waals surface area contributed by atoms with E-state index in [1.165, 1.54) is 0 Å². The van der Waals surface area contributed by atoms with Crippen molar-refractivity contribution in [2.24, 2.45) is 0 Å². The standard InChI is InChI=1S/C22H26ClN3O4S/c1-31(29,30)25-20(17-6-8-18(23)9-7-17)15-21(27)24-19-10-4-16(5-11-19)14-22(28)26-12-2-3-13-26/h4-11,20,25H,2-3,12-15H2,1H3,(H,24,27). The monoisotopic (exact) mass is 463 g/mol. The molecular weight excluding hydrogens is 438 g/mol. The summed E-state index contributed by atoms with van der Waals surface area (Å²) in [6.07, 6.45) is 3.43. The normalized spacial score (nSPS) is 15.0. The fourth-order valence-corrected chi connectivity index (χ4v) is 4.40. The molecular formula is C22H26ClN3O4S. The van der Waals surface area contributed by atoms with Crippen LogP contribution >= 0.6 is 11.6 Å². The number of rotatable bonds is 8. The van der Waals surface area contributed by atoms with Gasteiger partial charge in [0.2, 0.25) is 21.8 Å². The summed E-state index contributed by atoms with van der Waals surface area (Å²) in [4.78, 5) is 26.7. The Bertz CT molecular complexity index is 1020. The minimum absolute atomic E-state index is 0.0795. The summed E-state index contributed by atoms with van der Waals surface area (Å²) in [5, 5.41) is 3.30. The molecule has 2 N–H and O–H groups in total. The van der Waals surface area contributed by atoms with Crippen LogP contribution < -0.4 is 10.0 Å². The number of halogens is 1. The topological polar surface area (TPSA) is 95.6 Å². The highest BCUT2D eigenvalue weighted by molar-refractivity contribution is 7.88. The quantitative estimate of drug-likeness (QED) is 0.628. The summed E-state index contributed by atoms with van der Waals surface area (Å²) >= 11 is 5.90. The lowest BCUT2D eigenvalue weighted by atomic mass is 10.0. The first-order valence-corrected chi connectivity index (χ1v) is 12.4. The molecule has 1 saturated heterocycles. The minimum atomic E-state index is -3.52. The number of sulfonamides is 1. The lowest BCUT2D eigenvalue weighted by molar-refractivity contribution is -0.129. The van der Waals surface area contributed by atoms with Crippen molar-refractivity contribution in [2.45, 2.75) is 31.7 Å². The highest BCUT2D eigenvalue weighted by Gasteiger charge is 2.20. The van der Waals surface area contributed by atoms with Gasteiger partial charge >= 0.3 is 0 Å². The number of carbonyl (C=O) groups excluding carboxylic acids is 2. The molecule has 0 radical (unpaired) electrons. The number of amides is 2. The van der Waals surface area contributed by atoms with Gasteiger partial charge in [0.25, 0.3) is 0 Å². The van der Waals surface area contributed by atoms with Crippen molar-refractivity contribution in [1.82, 2.24) is 9.62 Å². The Balaban J connectivity index is 1.60. The number of anilines is 1. The van der Waals surface area contributed by atoms with Crippen molar-refractivity contribution in [1.29, 1.82) is 0 Å². The molecule has 0 bridgehead atoms. The van der Waals surface area contributed by atoms with E-state index in [-0.39, 0.29) is 18.2 Å². The molecule has 31 heavy (non-hydrogen) atoms. The second-order valence-corrected chi connectivity index (χ2v) is 9.92. The van der Waals surface area contributed by atoms with Crippen LogP contribution in [0.3, 0.4) is 0 Å². The highest BCUT2D eigenvalue weighted by Crippen LogP contribution is 2.21. The van der Waals surface area contributed by atoms with Crippen LogP contribution in [0.4, 0.5) is 5.69 Å². The van der Waals surface area contributed by atoms with Crippen LogP contribution in [0.15, 0.2) is 48.5 Å². The van der Waals surface area contributed by atoms with Crippen LogP contribution in [0.1, 0.15) is 36.4 Å². The number of nitrogens with one attached hydrogen (secondary N) is 2. The highest BCUT2D eigenvalue weighted by atomic mass is 35.5. The molecule has 0 aromatic heterocycles. The number of benzene rings is 2. The molecule has 0 saturated carbocycles. The number of carbonyl (C=O) groups is 2. The smallest absolute Gasteiger partial charge is 0.226 e. The third-order valence-electron chi connectivity index (χ3n) is 5.07.